The van der Waals surface area contributed by atoms with Gasteiger partial charge in [0.25, 0.3) is 0 Å². The number of β-amino-alcohol motifs (C(OH)–C–C–N with tert-alkyl or cyclic N) is 1. The SMILES string of the molecule is C[C@@H]1COCCN1c1nc(-c2cccc3[nH]ccc23)nc2c(CN3CCC(O)C3)csc12. The van der Waals surface area contributed by atoms with Crippen LogP contribution in [0.4, 0.5) is 5.82 Å². The molecule has 8 heteroatoms. The van der Waals surface area contributed by atoms with Crippen molar-refractivity contribution in [3.63, 3.8) is 0 Å². The lowest BCUT2D eigenvalue weighted by molar-refractivity contribution is 0.0987. The Morgan fingerprint density at radius 1 is 1.25 bits per heavy atom. The van der Waals surface area contributed by atoms with Gasteiger partial charge in [0.05, 0.1) is 35.6 Å². The lowest BCUT2D eigenvalue weighted by atomic mass is 10.1. The van der Waals surface area contributed by atoms with Gasteiger partial charge in [-0.3, -0.25) is 4.90 Å². The molecule has 0 spiro atoms. The summed E-state index contributed by atoms with van der Waals surface area (Å²) in [4.78, 5) is 18.2. The molecular weight excluding hydrogens is 422 g/mol. The lowest BCUT2D eigenvalue weighted by Gasteiger charge is -2.34. The lowest BCUT2D eigenvalue weighted by Crippen LogP contribution is -2.44. The number of H-pyrrole nitrogens is 1. The number of aliphatic hydroxyl groups is 1. The zero-order valence-electron chi connectivity index (χ0n) is 18.1. The van der Waals surface area contributed by atoms with Crippen LogP contribution in [0.25, 0.3) is 32.5 Å². The fraction of sp³-hybridized carbons (Fsp3) is 0.417. The summed E-state index contributed by atoms with van der Waals surface area (Å²) in [5.74, 6) is 1.77. The average molecular weight is 450 g/mol. The van der Waals surface area contributed by atoms with E-state index in [0.29, 0.717) is 13.2 Å². The Hall–Kier alpha value is -2.52. The molecule has 0 radical (unpaired) electrons. The Balaban J connectivity index is 1.51. The molecule has 2 saturated heterocycles. The highest BCUT2D eigenvalue weighted by Gasteiger charge is 2.27. The van der Waals surface area contributed by atoms with E-state index in [0.717, 1.165) is 70.9 Å². The molecule has 2 atom stereocenters. The van der Waals surface area contributed by atoms with Crippen LogP contribution in [-0.2, 0) is 11.3 Å². The van der Waals surface area contributed by atoms with Crippen molar-refractivity contribution in [1.82, 2.24) is 19.9 Å². The number of hydrogen-bond donors (Lipinski definition) is 2. The number of morpholine rings is 1. The monoisotopic (exact) mass is 449 g/mol. The maximum absolute atomic E-state index is 9.97. The highest BCUT2D eigenvalue weighted by molar-refractivity contribution is 7.18. The van der Waals surface area contributed by atoms with Crippen molar-refractivity contribution in [1.29, 1.82) is 0 Å². The van der Waals surface area contributed by atoms with Crippen molar-refractivity contribution < 1.29 is 9.84 Å². The third-order valence-electron chi connectivity index (χ3n) is 6.59. The van der Waals surface area contributed by atoms with Crippen LogP contribution in [0.15, 0.2) is 35.8 Å². The molecule has 4 aromatic rings. The highest BCUT2D eigenvalue weighted by Crippen LogP contribution is 2.37. The Kier molecular flexibility index (Phi) is 5.10. The highest BCUT2D eigenvalue weighted by atomic mass is 32.1. The van der Waals surface area contributed by atoms with Crippen LogP contribution >= 0.6 is 11.3 Å². The molecule has 3 aromatic heterocycles. The molecule has 2 N–H and O–H groups in total. The standard InChI is InChI=1S/C24H27N5O2S/c1-15-13-31-10-9-29(15)24-22-21(16(14-32-22)11-28-8-6-17(30)12-28)26-23(27-24)19-3-2-4-20-18(19)5-7-25-20/h2-5,7,14-15,17,25,30H,6,8-13H2,1H3/t15-,17?/m1/s1. The molecule has 5 heterocycles. The zero-order chi connectivity index (χ0) is 21.7. The van der Waals surface area contributed by atoms with Crippen LogP contribution in [0.2, 0.25) is 0 Å². The molecule has 2 aliphatic rings. The first kappa shape index (κ1) is 20.1. The second-order valence-corrected chi connectivity index (χ2v) is 9.73. The topological polar surface area (TPSA) is 77.5 Å². The van der Waals surface area contributed by atoms with Crippen molar-refractivity contribution in [3.05, 3.63) is 41.4 Å². The fourth-order valence-corrected chi connectivity index (χ4v) is 5.90. The van der Waals surface area contributed by atoms with Crippen molar-refractivity contribution in [2.24, 2.45) is 0 Å². The number of aliphatic hydroxyl groups excluding tert-OH is 1. The van der Waals surface area contributed by atoms with Gasteiger partial charge in [0.1, 0.15) is 0 Å². The quantitative estimate of drug-likeness (QED) is 0.495. The summed E-state index contributed by atoms with van der Waals surface area (Å²) in [6, 6.07) is 8.59. The third-order valence-corrected chi connectivity index (χ3v) is 7.60. The van der Waals surface area contributed by atoms with Gasteiger partial charge in [-0.1, -0.05) is 12.1 Å². The van der Waals surface area contributed by atoms with Gasteiger partial charge in [-0.2, -0.15) is 0 Å². The number of anilines is 1. The van der Waals surface area contributed by atoms with Crippen molar-refractivity contribution >= 4 is 38.3 Å². The molecule has 32 heavy (non-hydrogen) atoms. The number of nitrogens with one attached hydrogen (secondary N) is 1. The Morgan fingerprint density at radius 2 is 2.19 bits per heavy atom. The smallest absolute Gasteiger partial charge is 0.162 e. The van der Waals surface area contributed by atoms with Gasteiger partial charge in [-0.25, -0.2) is 9.97 Å². The number of rotatable bonds is 4. The molecule has 0 amide bonds. The number of hydrogen-bond acceptors (Lipinski definition) is 7. The average Bonchev–Trinajstić information content (AvgIpc) is 3.54. The predicted molar refractivity (Wildman–Crippen MR) is 128 cm³/mol. The number of benzene rings is 1. The molecule has 0 saturated carbocycles. The number of ether oxygens (including phenoxy) is 1. The largest absolute Gasteiger partial charge is 0.392 e. The molecule has 2 fully saturated rings. The predicted octanol–water partition coefficient (Wildman–Crippen LogP) is 3.63. The summed E-state index contributed by atoms with van der Waals surface area (Å²) in [6.45, 7) is 6.89. The number of aromatic nitrogens is 3. The summed E-state index contributed by atoms with van der Waals surface area (Å²) in [7, 11) is 0. The van der Waals surface area contributed by atoms with Crippen LogP contribution in [0.3, 0.4) is 0 Å². The zero-order valence-corrected chi connectivity index (χ0v) is 18.9. The Bertz CT molecular complexity index is 1270. The van der Waals surface area contributed by atoms with Crippen LogP contribution in [0.1, 0.15) is 18.9 Å². The summed E-state index contributed by atoms with van der Waals surface area (Å²) in [5.41, 5.74) is 4.37. The minimum atomic E-state index is -0.221. The summed E-state index contributed by atoms with van der Waals surface area (Å²) in [5, 5.41) is 13.3. The van der Waals surface area contributed by atoms with Gasteiger partial charge < -0.3 is 19.7 Å². The molecule has 166 valence electrons. The minimum absolute atomic E-state index is 0.221. The van der Waals surface area contributed by atoms with Crippen molar-refractivity contribution in [2.75, 3.05) is 37.7 Å². The first-order chi connectivity index (χ1) is 15.7. The molecule has 7 nitrogen and oxygen atoms in total. The molecule has 1 unspecified atom stereocenters. The Labute approximate surface area is 190 Å². The van der Waals surface area contributed by atoms with E-state index >= 15 is 0 Å². The molecule has 6 rings (SSSR count). The van der Waals surface area contributed by atoms with Crippen LogP contribution in [0, 0.1) is 0 Å². The van der Waals surface area contributed by atoms with Gasteiger partial charge in [0.2, 0.25) is 0 Å². The Morgan fingerprint density at radius 3 is 3.03 bits per heavy atom. The number of aromatic amines is 1. The van der Waals surface area contributed by atoms with E-state index in [1.165, 1.54) is 5.56 Å². The molecule has 0 aliphatic carbocycles. The van der Waals surface area contributed by atoms with E-state index in [1.807, 2.05) is 6.20 Å². The summed E-state index contributed by atoms with van der Waals surface area (Å²) in [6.07, 6.45) is 2.58. The first-order valence-electron chi connectivity index (χ1n) is 11.3. The number of fused-ring (bicyclic) bond motifs is 2. The van der Waals surface area contributed by atoms with E-state index in [2.05, 4.69) is 51.4 Å². The molecule has 2 aliphatic heterocycles. The maximum atomic E-state index is 9.97. The van der Waals surface area contributed by atoms with E-state index in [-0.39, 0.29) is 12.1 Å². The van der Waals surface area contributed by atoms with Crippen LogP contribution in [0.5, 0.6) is 0 Å². The van der Waals surface area contributed by atoms with Gasteiger partial charge >= 0.3 is 0 Å². The van der Waals surface area contributed by atoms with E-state index in [4.69, 9.17) is 14.7 Å². The molecule has 0 bridgehead atoms. The normalized spacial score (nSPS) is 22.4. The van der Waals surface area contributed by atoms with E-state index < -0.39 is 0 Å². The van der Waals surface area contributed by atoms with Crippen molar-refractivity contribution in [2.45, 2.75) is 32.0 Å². The molecule has 1 aromatic carbocycles. The van der Waals surface area contributed by atoms with Crippen LogP contribution in [-0.4, -0.2) is 70.0 Å². The second-order valence-electron chi connectivity index (χ2n) is 8.85. The van der Waals surface area contributed by atoms with Gasteiger partial charge in [-0.15, -0.1) is 11.3 Å². The van der Waals surface area contributed by atoms with E-state index in [1.54, 1.807) is 11.3 Å². The van der Waals surface area contributed by atoms with Gasteiger partial charge in [0.15, 0.2) is 11.6 Å². The van der Waals surface area contributed by atoms with E-state index in [9.17, 15) is 5.11 Å². The van der Waals surface area contributed by atoms with Crippen molar-refractivity contribution in [3.8, 4) is 11.4 Å². The summed E-state index contributed by atoms with van der Waals surface area (Å²) < 4.78 is 6.83. The first-order valence-corrected chi connectivity index (χ1v) is 12.1. The maximum Gasteiger partial charge on any atom is 0.162 e. The molecular formula is C24H27N5O2S. The third kappa shape index (κ3) is 3.47. The van der Waals surface area contributed by atoms with Crippen LogP contribution < -0.4 is 4.90 Å². The number of nitrogens with zero attached hydrogens (tertiary/aromatic N) is 4. The minimum Gasteiger partial charge on any atom is -0.392 e. The fourth-order valence-electron chi connectivity index (χ4n) is 4.90. The number of likely N-dealkylation sites (tertiary alicyclic amines) is 1. The number of thiophene rings is 1. The second kappa shape index (κ2) is 8.12. The van der Waals surface area contributed by atoms with Gasteiger partial charge in [-0.05, 0) is 30.9 Å². The summed E-state index contributed by atoms with van der Waals surface area (Å²) >= 11 is 1.73. The van der Waals surface area contributed by atoms with Gasteiger partial charge in [0, 0.05) is 54.4 Å².